The van der Waals surface area contributed by atoms with Gasteiger partial charge in [0.2, 0.25) is 0 Å². The van der Waals surface area contributed by atoms with E-state index in [1.54, 1.807) is 18.2 Å². The van der Waals surface area contributed by atoms with Crippen LogP contribution < -0.4 is 11.0 Å². The minimum Gasteiger partial charge on any atom is -0.467 e. The van der Waals surface area contributed by atoms with Crippen LogP contribution in [-0.4, -0.2) is 15.9 Å². The van der Waals surface area contributed by atoms with Gasteiger partial charge in [0.25, 0.3) is 5.91 Å². The molecular weight excluding hydrogens is 318 g/mol. The molecule has 3 rings (SSSR count). The summed E-state index contributed by atoms with van der Waals surface area (Å²) in [6.45, 7) is 4.47. The highest BCUT2D eigenvalue weighted by molar-refractivity contribution is 5.93. The number of nitrogens with one attached hydrogen (secondary N) is 2. The first kappa shape index (κ1) is 16.7. The Bertz CT molecular complexity index is 910. The molecule has 0 bridgehead atoms. The van der Waals surface area contributed by atoms with Gasteiger partial charge >= 0.3 is 5.69 Å². The predicted molar refractivity (Wildman–Crippen MR) is 94.3 cm³/mol. The van der Waals surface area contributed by atoms with Crippen molar-refractivity contribution < 1.29 is 9.21 Å². The first-order valence-electron chi connectivity index (χ1n) is 8.05. The number of carbonyl (C=O) groups is 1. The largest absolute Gasteiger partial charge is 0.467 e. The number of nitrogens with zero attached hydrogens (tertiary/aromatic N) is 1. The molecule has 3 aromatic rings. The number of benzene rings is 1. The third kappa shape index (κ3) is 4.03. The van der Waals surface area contributed by atoms with E-state index in [1.807, 2.05) is 24.3 Å². The van der Waals surface area contributed by atoms with E-state index < -0.39 is 11.6 Å². The molecule has 0 fully saturated rings. The molecule has 0 spiro atoms. The number of carbonyl (C=O) groups excluding carboxylic acids is 1. The SMILES string of the molecule is CC(C)c1ccc(-c2cc(C(=O)NCc3ccco3)[nH]c(=O)n2)cc1. The zero-order valence-corrected chi connectivity index (χ0v) is 14.1. The fraction of sp³-hybridized carbons (Fsp3) is 0.211. The Morgan fingerprint density at radius 1 is 1.24 bits per heavy atom. The first-order valence-corrected chi connectivity index (χ1v) is 8.05. The third-order valence-corrected chi connectivity index (χ3v) is 3.87. The fourth-order valence-corrected chi connectivity index (χ4v) is 2.44. The van der Waals surface area contributed by atoms with Crippen LogP contribution in [0.2, 0.25) is 0 Å². The number of furan rings is 1. The second-order valence-corrected chi connectivity index (χ2v) is 6.02. The maximum Gasteiger partial charge on any atom is 0.346 e. The molecule has 0 radical (unpaired) electrons. The molecule has 0 unspecified atom stereocenters. The summed E-state index contributed by atoms with van der Waals surface area (Å²) in [5.41, 5.74) is 2.05. The van der Waals surface area contributed by atoms with Gasteiger partial charge in [-0.3, -0.25) is 4.79 Å². The van der Waals surface area contributed by atoms with Crippen molar-refractivity contribution in [1.29, 1.82) is 0 Å². The van der Waals surface area contributed by atoms with Gasteiger partial charge < -0.3 is 14.7 Å². The van der Waals surface area contributed by atoms with Crippen molar-refractivity contribution >= 4 is 5.91 Å². The fourth-order valence-electron chi connectivity index (χ4n) is 2.44. The van der Waals surface area contributed by atoms with Crippen LogP contribution in [0.5, 0.6) is 0 Å². The lowest BCUT2D eigenvalue weighted by Crippen LogP contribution is -2.27. The van der Waals surface area contributed by atoms with E-state index >= 15 is 0 Å². The molecule has 128 valence electrons. The normalized spacial score (nSPS) is 10.8. The number of aromatic nitrogens is 2. The van der Waals surface area contributed by atoms with Gasteiger partial charge in [-0.15, -0.1) is 0 Å². The van der Waals surface area contributed by atoms with Crippen LogP contribution in [-0.2, 0) is 6.54 Å². The average molecular weight is 337 g/mol. The molecule has 0 atom stereocenters. The number of aromatic amines is 1. The zero-order valence-electron chi connectivity index (χ0n) is 14.1. The monoisotopic (exact) mass is 337 g/mol. The molecule has 2 aromatic heterocycles. The summed E-state index contributed by atoms with van der Waals surface area (Å²) in [6.07, 6.45) is 1.54. The number of H-pyrrole nitrogens is 1. The van der Waals surface area contributed by atoms with Gasteiger partial charge in [0.1, 0.15) is 11.5 Å². The van der Waals surface area contributed by atoms with E-state index in [9.17, 15) is 9.59 Å². The lowest BCUT2D eigenvalue weighted by atomic mass is 10.0. The van der Waals surface area contributed by atoms with Crippen molar-refractivity contribution in [2.75, 3.05) is 0 Å². The smallest absolute Gasteiger partial charge is 0.346 e. The molecule has 0 aliphatic carbocycles. The van der Waals surface area contributed by atoms with Crippen molar-refractivity contribution in [3.8, 4) is 11.3 Å². The Kier molecular flexibility index (Phi) is 4.79. The number of amides is 1. The van der Waals surface area contributed by atoms with E-state index in [2.05, 4.69) is 29.1 Å². The van der Waals surface area contributed by atoms with Crippen molar-refractivity contribution in [2.24, 2.45) is 0 Å². The highest BCUT2D eigenvalue weighted by Crippen LogP contribution is 2.20. The van der Waals surface area contributed by atoms with Crippen LogP contribution in [0.4, 0.5) is 0 Å². The van der Waals surface area contributed by atoms with Gasteiger partial charge in [0.15, 0.2) is 0 Å². The molecular formula is C19H19N3O3. The van der Waals surface area contributed by atoms with Crippen molar-refractivity contribution in [2.45, 2.75) is 26.3 Å². The van der Waals surface area contributed by atoms with Crippen molar-refractivity contribution in [1.82, 2.24) is 15.3 Å². The molecule has 2 heterocycles. The molecule has 2 N–H and O–H groups in total. The molecule has 6 heteroatoms. The Balaban J connectivity index is 1.82. The van der Waals surface area contributed by atoms with Crippen molar-refractivity contribution in [3.05, 3.63) is 76.2 Å². The average Bonchev–Trinajstić information content (AvgIpc) is 3.12. The van der Waals surface area contributed by atoms with Crippen LogP contribution in [0.1, 0.15) is 41.6 Å². The Labute approximate surface area is 144 Å². The summed E-state index contributed by atoms with van der Waals surface area (Å²) in [5.74, 6) is 0.661. The maximum absolute atomic E-state index is 12.3. The Morgan fingerprint density at radius 2 is 2.00 bits per heavy atom. The van der Waals surface area contributed by atoms with Crippen molar-refractivity contribution in [3.63, 3.8) is 0 Å². The van der Waals surface area contributed by atoms with Gasteiger partial charge in [-0.05, 0) is 29.7 Å². The molecule has 0 saturated heterocycles. The highest BCUT2D eigenvalue weighted by atomic mass is 16.3. The van der Waals surface area contributed by atoms with E-state index in [1.165, 1.54) is 11.8 Å². The first-order chi connectivity index (χ1) is 12.0. The maximum atomic E-state index is 12.3. The molecule has 25 heavy (non-hydrogen) atoms. The minimum absolute atomic E-state index is 0.162. The van der Waals surface area contributed by atoms with Crippen LogP contribution >= 0.6 is 0 Å². The lowest BCUT2D eigenvalue weighted by molar-refractivity contribution is 0.0942. The minimum atomic E-state index is -0.561. The molecule has 0 aliphatic rings. The van der Waals surface area contributed by atoms with Gasteiger partial charge in [-0.2, -0.15) is 4.98 Å². The molecule has 0 saturated carbocycles. The second-order valence-electron chi connectivity index (χ2n) is 6.02. The number of hydrogen-bond donors (Lipinski definition) is 2. The van der Waals surface area contributed by atoms with E-state index in [4.69, 9.17) is 4.42 Å². The van der Waals surface area contributed by atoms with Crippen LogP contribution in [0.3, 0.4) is 0 Å². The summed E-state index contributed by atoms with van der Waals surface area (Å²) in [5, 5.41) is 2.70. The summed E-state index contributed by atoms with van der Waals surface area (Å²) in [6, 6.07) is 12.9. The molecule has 1 aromatic carbocycles. The standard InChI is InChI=1S/C19H19N3O3/c1-12(2)13-5-7-14(8-6-13)16-10-17(22-19(24)21-16)18(23)20-11-15-4-3-9-25-15/h3-10,12H,11H2,1-2H3,(H,20,23)(H,21,22,24). The lowest BCUT2D eigenvalue weighted by Gasteiger charge is -2.08. The van der Waals surface area contributed by atoms with E-state index in [0.29, 0.717) is 17.4 Å². The Morgan fingerprint density at radius 3 is 2.64 bits per heavy atom. The van der Waals surface area contributed by atoms with Crippen LogP contribution in [0.15, 0.2) is 57.9 Å². The summed E-state index contributed by atoms with van der Waals surface area (Å²) in [7, 11) is 0. The topological polar surface area (TPSA) is 88.0 Å². The predicted octanol–water partition coefficient (Wildman–Crippen LogP) is 3.08. The van der Waals surface area contributed by atoms with Crippen LogP contribution in [0.25, 0.3) is 11.3 Å². The van der Waals surface area contributed by atoms with Gasteiger partial charge in [-0.25, -0.2) is 4.79 Å². The molecule has 6 nitrogen and oxygen atoms in total. The third-order valence-electron chi connectivity index (χ3n) is 3.87. The van der Waals surface area contributed by atoms with E-state index in [-0.39, 0.29) is 12.2 Å². The second kappa shape index (κ2) is 7.17. The summed E-state index contributed by atoms with van der Waals surface area (Å²) < 4.78 is 5.17. The quantitative estimate of drug-likeness (QED) is 0.749. The van der Waals surface area contributed by atoms with Crippen LogP contribution in [0, 0.1) is 0 Å². The summed E-state index contributed by atoms with van der Waals surface area (Å²) >= 11 is 0. The zero-order chi connectivity index (χ0) is 17.8. The van der Waals surface area contributed by atoms with E-state index in [0.717, 1.165) is 5.56 Å². The van der Waals surface area contributed by atoms with Gasteiger partial charge in [0.05, 0.1) is 18.5 Å². The highest BCUT2D eigenvalue weighted by Gasteiger charge is 2.11. The number of hydrogen-bond acceptors (Lipinski definition) is 4. The van der Waals surface area contributed by atoms with Gasteiger partial charge in [0, 0.05) is 5.56 Å². The summed E-state index contributed by atoms with van der Waals surface area (Å²) in [4.78, 5) is 30.5. The molecule has 0 aliphatic heterocycles. The Hall–Kier alpha value is -3.15. The van der Waals surface area contributed by atoms with Gasteiger partial charge in [-0.1, -0.05) is 38.1 Å². The number of rotatable bonds is 5. The molecule has 1 amide bonds.